The molecule has 0 spiro atoms. The molecule has 40 heavy (non-hydrogen) atoms. The number of nitrogen functional groups attached to an aromatic ring is 1. The first-order valence-corrected chi connectivity index (χ1v) is 14.1. The van der Waals surface area contributed by atoms with Crippen LogP contribution in [-0.2, 0) is 22.6 Å². The molecule has 0 amide bonds. The maximum Gasteiger partial charge on any atom is 0.312 e. The fourth-order valence-corrected chi connectivity index (χ4v) is 6.12. The fourth-order valence-electron chi connectivity index (χ4n) is 6.12. The lowest BCUT2D eigenvalue weighted by Gasteiger charge is -2.35. The molecule has 1 unspecified atom stereocenters. The van der Waals surface area contributed by atoms with Gasteiger partial charge in [-0.05, 0) is 80.1 Å². The lowest BCUT2D eigenvalue weighted by atomic mass is 9.69. The molecule has 4 rings (SSSR count). The number of anilines is 3. The Morgan fingerprint density at radius 1 is 1.10 bits per heavy atom. The van der Waals surface area contributed by atoms with Crippen molar-refractivity contribution in [2.75, 3.05) is 49.4 Å². The highest BCUT2D eigenvalue weighted by Gasteiger charge is 2.41. The Balaban J connectivity index is 1.76. The van der Waals surface area contributed by atoms with Crippen LogP contribution in [0.5, 0.6) is 0 Å². The Labute approximate surface area is 239 Å². The zero-order valence-corrected chi connectivity index (χ0v) is 25.1. The van der Waals surface area contributed by atoms with E-state index in [4.69, 9.17) is 16.3 Å². The van der Waals surface area contributed by atoms with Crippen molar-refractivity contribution in [3.63, 3.8) is 0 Å². The number of carbonyl (C=O) groups excluding carboxylic acids is 1. The predicted molar refractivity (Wildman–Crippen MR) is 165 cm³/mol. The number of hydrogen-bond acceptors (Lipinski definition) is 7. The molecule has 3 aromatic carbocycles. The zero-order chi connectivity index (χ0) is 29.2. The number of hydrogen-bond donors (Lipinski definition) is 2. The zero-order valence-electron chi connectivity index (χ0n) is 25.1. The first-order chi connectivity index (χ1) is 19.0. The summed E-state index contributed by atoms with van der Waals surface area (Å²) >= 11 is 0. The summed E-state index contributed by atoms with van der Waals surface area (Å²) in [6, 6.07) is 19.3. The van der Waals surface area contributed by atoms with Crippen molar-refractivity contribution in [3.8, 4) is 0 Å². The molecule has 1 aliphatic rings. The molecule has 7 nitrogen and oxygen atoms in total. The molecular formula is C33H45N5O2. The number of hydrazine groups is 1. The van der Waals surface area contributed by atoms with Gasteiger partial charge < -0.3 is 20.4 Å². The Morgan fingerprint density at radius 3 is 2.50 bits per heavy atom. The van der Waals surface area contributed by atoms with Crippen LogP contribution in [0.4, 0.5) is 17.1 Å². The number of para-hydroxylation sites is 1. The molecule has 7 heteroatoms. The Kier molecular flexibility index (Phi) is 8.76. The van der Waals surface area contributed by atoms with Crippen LogP contribution in [-0.4, -0.2) is 44.7 Å². The van der Waals surface area contributed by atoms with Gasteiger partial charge in [0.25, 0.3) is 0 Å². The van der Waals surface area contributed by atoms with Crippen molar-refractivity contribution in [2.24, 2.45) is 11.3 Å². The minimum absolute atomic E-state index is 0.263. The summed E-state index contributed by atoms with van der Waals surface area (Å²) in [5, 5.41) is 1.52. The summed E-state index contributed by atoms with van der Waals surface area (Å²) in [5.74, 6) is 5.50. The van der Waals surface area contributed by atoms with Crippen LogP contribution in [0, 0.1) is 19.3 Å². The maximum atomic E-state index is 13.2. The maximum absolute atomic E-state index is 13.2. The van der Waals surface area contributed by atoms with E-state index in [1.54, 1.807) is 7.05 Å². The molecule has 0 radical (unpaired) electrons. The molecular weight excluding hydrogens is 498 g/mol. The van der Waals surface area contributed by atoms with E-state index >= 15 is 0 Å². The quantitative estimate of drug-likeness (QED) is 0.171. The highest BCUT2D eigenvalue weighted by atomic mass is 16.5. The average Bonchev–Trinajstić information content (AvgIpc) is 3.10. The molecule has 4 N–H and O–H groups in total. The normalized spacial score (nSPS) is 14.8. The fraction of sp³-hybridized carbons (Fsp3) is 0.424. The lowest BCUT2D eigenvalue weighted by Crippen LogP contribution is -2.34. The number of aryl methyl sites for hydroxylation is 1. The molecule has 1 heterocycles. The van der Waals surface area contributed by atoms with Crippen LogP contribution in [0.2, 0.25) is 0 Å². The summed E-state index contributed by atoms with van der Waals surface area (Å²) in [4.78, 5) is 18.2. The van der Waals surface area contributed by atoms with E-state index < -0.39 is 5.41 Å². The highest BCUT2D eigenvalue weighted by molar-refractivity contribution is 5.80. The number of esters is 1. The van der Waals surface area contributed by atoms with Crippen molar-refractivity contribution < 1.29 is 9.53 Å². The predicted octanol–water partition coefficient (Wildman–Crippen LogP) is 5.37. The third-order valence-electron chi connectivity index (χ3n) is 8.55. The van der Waals surface area contributed by atoms with Crippen molar-refractivity contribution in [2.45, 2.75) is 53.6 Å². The monoisotopic (exact) mass is 543 g/mol. The standard InChI is InChI=1S/C33H45N5O2/c1-8-38-18-17-37(20-25-11-9-10-12-28(25)38)21-26-19-24(14-13-22(26)2)30(33(4,5)32(39)40-7)27-15-16-29(36(6)35)31(34)23(27)3/h9-16,19,30H,8,17-18,20-21,34-35H2,1-7H3. The van der Waals surface area contributed by atoms with Gasteiger partial charge in [-0.15, -0.1) is 0 Å². The molecule has 0 fully saturated rings. The van der Waals surface area contributed by atoms with E-state index in [2.05, 4.69) is 66.1 Å². The van der Waals surface area contributed by atoms with Gasteiger partial charge in [-0.2, -0.15) is 0 Å². The summed E-state index contributed by atoms with van der Waals surface area (Å²) in [7, 11) is 3.22. The van der Waals surface area contributed by atoms with E-state index in [1.165, 1.54) is 34.5 Å². The Hall–Kier alpha value is -3.55. The van der Waals surface area contributed by atoms with E-state index in [0.717, 1.165) is 55.1 Å². The van der Waals surface area contributed by atoms with Gasteiger partial charge in [-0.25, -0.2) is 5.84 Å². The average molecular weight is 544 g/mol. The van der Waals surface area contributed by atoms with Crippen molar-refractivity contribution in [1.82, 2.24) is 4.90 Å². The van der Waals surface area contributed by atoms with E-state index in [1.807, 2.05) is 32.9 Å². The lowest BCUT2D eigenvalue weighted by molar-refractivity contribution is -0.151. The van der Waals surface area contributed by atoms with Gasteiger partial charge in [-0.1, -0.05) is 42.5 Å². The number of fused-ring (bicyclic) bond motifs is 1. The Bertz CT molecular complexity index is 1370. The number of rotatable bonds is 8. The van der Waals surface area contributed by atoms with Crippen molar-refractivity contribution in [1.29, 1.82) is 0 Å². The van der Waals surface area contributed by atoms with Gasteiger partial charge >= 0.3 is 5.97 Å². The third-order valence-corrected chi connectivity index (χ3v) is 8.55. The summed E-state index contributed by atoms with van der Waals surface area (Å²) < 4.78 is 5.30. The molecule has 1 aliphatic heterocycles. The molecule has 0 saturated heterocycles. The van der Waals surface area contributed by atoms with Crippen LogP contribution < -0.4 is 21.5 Å². The molecule has 214 valence electrons. The van der Waals surface area contributed by atoms with Gasteiger partial charge in [0, 0.05) is 51.4 Å². The van der Waals surface area contributed by atoms with Crippen LogP contribution in [0.1, 0.15) is 60.1 Å². The number of methoxy groups -OCH3 is 1. The summed E-state index contributed by atoms with van der Waals surface area (Å²) in [6.07, 6.45) is 0. The van der Waals surface area contributed by atoms with E-state index in [0.29, 0.717) is 5.69 Å². The smallest absolute Gasteiger partial charge is 0.312 e. The second-order valence-corrected chi connectivity index (χ2v) is 11.6. The molecule has 1 atom stereocenters. The highest BCUT2D eigenvalue weighted by Crippen LogP contribution is 2.45. The largest absolute Gasteiger partial charge is 0.469 e. The number of nitrogens with zero attached hydrogens (tertiary/aromatic N) is 3. The SMILES string of the molecule is CCN1CCN(Cc2cc(C(c3ccc(N(C)N)c(N)c3C)C(C)(C)C(=O)OC)ccc2C)Cc2ccccc21. The number of carbonyl (C=O) groups is 1. The van der Waals surface area contributed by atoms with Crippen LogP contribution in [0.15, 0.2) is 54.6 Å². The second-order valence-electron chi connectivity index (χ2n) is 11.6. The number of nitrogens with two attached hydrogens (primary N) is 2. The van der Waals surface area contributed by atoms with Gasteiger partial charge in [0.15, 0.2) is 0 Å². The minimum atomic E-state index is -0.836. The van der Waals surface area contributed by atoms with Gasteiger partial charge in [0.05, 0.1) is 23.9 Å². The summed E-state index contributed by atoms with van der Waals surface area (Å²) in [6.45, 7) is 15.0. The number of likely N-dealkylation sites (N-methyl/N-ethyl adjacent to an activating group) is 1. The van der Waals surface area contributed by atoms with Crippen LogP contribution in [0.3, 0.4) is 0 Å². The van der Waals surface area contributed by atoms with E-state index in [9.17, 15) is 4.79 Å². The Morgan fingerprint density at radius 2 is 1.82 bits per heavy atom. The number of ether oxygens (including phenoxy) is 1. The molecule has 0 aromatic heterocycles. The van der Waals surface area contributed by atoms with Gasteiger partial charge in [0.1, 0.15) is 0 Å². The second kappa shape index (κ2) is 11.9. The first kappa shape index (κ1) is 29.4. The van der Waals surface area contributed by atoms with Gasteiger partial charge in [0.2, 0.25) is 0 Å². The number of benzene rings is 3. The van der Waals surface area contributed by atoms with Crippen LogP contribution >= 0.6 is 0 Å². The van der Waals surface area contributed by atoms with Gasteiger partial charge in [-0.3, -0.25) is 9.69 Å². The molecule has 0 aliphatic carbocycles. The van der Waals surface area contributed by atoms with Crippen molar-refractivity contribution in [3.05, 3.63) is 88.0 Å². The van der Waals surface area contributed by atoms with Crippen LogP contribution in [0.25, 0.3) is 0 Å². The van der Waals surface area contributed by atoms with E-state index in [-0.39, 0.29) is 11.9 Å². The van der Waals surface area contributed by atoms with Crippen molar-refractivity contribution >= 4 is 23.0 Å². The summed E-state index contributed by atoms with van der Waals surface area (Å²) in [5.41, 5.74) is 15.3. The third kappa shape index (κ3) is 5.67. The molecule has 0 bridgehead atoms. The molecule has 0 saturated carbocycles. The first-order valence-electron chi connectivity index (χ1n) is 14.1. The minimum Gasteiger partial charge on any atom is -0.469 e. The molecule has 3 aromatic rings. The topological polar surface area (TPSA) is 88.1 Å².